The van der Waals surface area contributed by atoms with Crippen molar-refractivity contribution < 1.29 is 12.6 Å². The van der Waals surface area contributed by atoms with Crippen molar-refractivity contribution in [2.45, 2.75) is 46.6 Å². The molecule has 0 saturated carbocycles. The average molecular weight is 208 g/mol. The molecule has 0 aliphatic heterocycles. The van der Waals surface area contributed by atoms with Crippen molar-refractivity contribution in [3.8, 4) is 0 Å². The molecule has 0 aromatic rings. The van der Waals surface area contributed by atoms with E-state index in [4.69, 9.17) is 4.18 Å². The monoisotopic (exact) mass is 208 g/mol. The van der Waals surface area contributed by atoms with E-state index in [1.54, 1.807) is 6.92 Å². The van der Waals surface area contributed by atoms with Gasteiger partial charge in [-0.15, -0.1) is 0 Å². The SMILES string of the molecule is CCCCS(=O)(=O)OC(C)C(C)C. The van der Waals surface area contributed by atoms with E-state index in [9.17, 15) is 8.42 Å². The Morgan fingerprint density at radius 1 is 1.23 bits per heavy atom. The van der Waals surface area contributed by atoms with Gasteiger partial charge in [0, 0.05) is 0 Å². The van der Waals surface area contributed by atoms with E-state index in [0.717, 1.165) is 6.42 Å². The van der Waals surface area contributed by atoms with Crippen LogP contribution in [-0.4, -0.2) is 20.3 Å². The Bertz CT molecular complexity index is 219. The molecule has 1 unspecified atom stereocenters. The molecule has 0 aliphatic carbocycles. The van der Waals surface area contributed by atoms with Gasteiger partial charge in [0.1, 0.15) is 0 Å². The van der Waals surface area contributed by atoms with Gasteiger partial charge in [0.25, 0.3) is 10.1 Å². The molecule has 80 valence electrons. The highest BCUT2D eigenvalue weighted by atomic mass is 32.2. The van der Waals surface area contributed by atoms with Gasteiger partial charge in [-0.1, -0.05) is 27.2 Å². The van der Waals surface area contributed by atoms with Gasteiger partial charge in [0.15, 0.2) is 0 Å². The van der Waals surface area contributed by atoms with Crippen LogP contribution >= 0.6 is 0 Å². The van der Waals surface area contributed by atoms with Crippen LogP contribution in [0.4, 0.5) is 0 Å². The van der Waals surface area contributed by atoms with Crippen molar-refractivity contribution in [3.05, 3.63) is 0 Å². The number of hydrogen-bond donors (Lipinski definition) is 0. The van der Waals surface area contributed by atoms with E-state index in [1.165, 1.54) is 0 Å². The predicted octanol–water partition coefficient (Wildman–Crippen LogP) is 2.18. The zero-order valence-corrected chi connectivity index (χ0v) is 9.73. The van der Waals surface area contributed by atoms with Gasteiger partial charge in [0.05, 0.1) is 11.9 Å². The topological polar surface area (TPSA) is 43.4 Å². The summed E-state index contributed by atoms with van der Waals surface area (Å²) in [4.78, 5) is 0. The maximum absolute atomic E-state index is 11.3. The second kappa shape index (κ2) is 5.60. The van der Waals surface area contributed by atoms with Crippen molar-refractivity contribution in [1.82, 2.24) is 0 Å². The second-order valence-corrected chi connectivity index (χ2v) is 5.38. The van der Waals surface area contributed by atoms with Crippen molar-refractivity contribution in [2.75, 3.05) is 5.75 Å². The lowest BCUT2D eigenvalue weighted by molar-refractivity contribution is 0.178. The number of unbranched alkanes of at least 4 members (excludes halogenated alkanes) is 1. The predicted molar refractivity (Wildman–Crippen MR) is 54.1 cm³/mol. The molecule has 0 fully saturated rings. The summed E-state index contributed by atoms with van der Waals surface area (Å²) >= 11 is 0. The van der Waals surface area contributed by atoms with Crippen molar-refractivity contribution in [2.24, 2.45) is 5.92 Å². The molecular weight excluding hydrogens is 188 g/mol. The summed E-state index contributed by atoms with van der Waals surface area (Å²) in [7, 11) is -3.29. The molecule has 0 aliphatic rings. The Kier molecular flexibility index (Phi) is 5.56. The normalized spacial score (nSPS) is 14.8. The standard InChI is InChI=1S/C9H20O3S/c1-5-6-7-13(10,11)12-9(4)8(2)3/h8-9H,5-7H2,1-4H3. The van der Waals surface area contributed by atoms with Crippen molar-refractivity contribution in [3.63, 3.8) is 0 Å². The number of rotatable bonds is 6. The van der Waals surface area contributed by atoms with E-state index in [2.05, 4.69) is 0 Å². The fraction of sp³-hybridized carbons (Fsp3) is 1.00. The summed E-state index contributed by atoms with van der Waals surface area (Å²) in [6, 6.07) is 0. The highest BCUT2D eigenvalue weighted by Gasteiger charge is 2.17. The fourth-order valence-corrected chi connectivity index (χ4v) is 2.13. The summed E-state index contributed by atoms with van der Waals surface area (Å²) < 4.78 is 27.5. The lowest BCUT2D eigenvalue weighted by Gasteiger charge is -2.15. The number of hydrogen-bond acceptors (Lipinski definition) is 3. The molecule has 0 radical (unpaired) electrons. The summed E-state index contributed by atoms with van der Waals surface area (Å²) in [6.45, 7) is 7.63. The molecule has 0 aromatic heterocycles. The van der Waals surface area contributed by atoms with Crippen LogP contribution in [0, 0.1) is 5.92 Å². The molecule has 0 amide bonds. The van der Waals surface area contributed by atoms with E-state index >= 15 is 0 Å². The Labute approximate surface area is 81.6 Å². The third kappa shape index (κ3) is 6.05. The molecule has 0 saturated heterocycles. The Morgan fingerprint density at radius 3 is 2.15 bits per heavy atom. The van der Waals surface area contributed by atoms with Crippen LogP contribution in [0.3, 0.4) is 0 Å². The quantitative estimate of drug-likeness (QED) is 0.628. The Balaban J connectivity index is 4.02. The third-order valence-electron chi connectivity index (χ3n) is 1.99. The smallest absolute Gasteiger partial charge is 0.267 e. The zero-order chi connectivity index (χ0) is 10.5. The first-order valence-corrected chi connectivity index (χ1v) is 6.37. The highest BCUT2D eigenvalue weighted by molar-refractivity contribution is 7.86. The van der Waals surface area contributed by atoms with Gasteiger partial charge in [-0.3, -0.25) is 4.18 Å². The van der Waals surface area contributed by atoms with Crippen LogP contribution in [-0.2, 0) is 14.3 Å². The summed E-state index contributed by atoms with van der Waals surface area (Å²) in [6.07, 6.45) is 1.33. The fourth-order valence-electron chi connectivity index (χ4n) is 0.712. The highest BCUT2D eigenvalue weighted by Crippen LogP contribution is 2.10. The van der Waals surface area contributed by atoms with Gasteiger partial charge in [-0.25, -0.2) is 0 Å². The molecule has 0 spiro atoms. The maximum atomic E-state index is 11.3. The van der Waals surface area contributed by atoms with Gasteiger partial charge >= 0.3 is 0 Å². The minimum absolute atomic E-state index is 0.139. The van der Waals surface area contributed by atoms with Gasteiger partial charge in [0.2, 0.25) is 0 Å². The molecule has 3 nitrogen and oxygen atoms in total. The maximum Gasteiger partial charge on any atom is 0.267 e. The molecule has 0 rings (SSSR count). The molecule has 4 heteroatoms. The summed E-state index contributed by atoms with van der Waals surface area (Å²) in [5.41, 5.74) is 0. The van der Waals surface area contributed by atoms with Crippen LogP contribution < -0.4 is 0 Å². The van der Waals surface area contributed by atoms with Gasteiger partial charge < -0.3 is 0 Å². The van der Waals surface area contributed by atoms with Crippen LogP contribution in [0.15, 0.2) is 0 Å². The Hall–Kier alpha value is -0.0900. The summed E-state index contributed by atoms with van der Waals surface area (Å²) in [5.74, 6) is 0.372. The van der Waals surface area contributed by atoms with Crippen LogP contribution in [0.1, 0.15) is 40.5 Å². The van der Waals surface area contributed by atoms with Crippen molar-refractivity contribution >= 4 is 10.1 Å². The molecule has 13 heavy (non-hydrogen) atoms. The lowest BCUT2D eigenvalue weighted by Crippen LogP contribution is -2.22. The molecular formula is C9H20O3S. The van der Waals surface area contributed by atoms with Crippen LogP contribution in [0.5, 0.6) is 0 Å². The minimum atomic E-state index is -3.29. The first-order chi connectivity index (χ1) is 5.89. The Morgan fingerprint density at radius 2 is 1.77 bits per heavy atom. The lowest BCUT2D eigenvalue weighted by atomic mass is 10.1. The largest absolute Gasteiger partial charge is 0.267 e. The molecule has 0 bridgehead atoms. The van der Waals surface area contributed by atoms with E-state index in [0.29, 0.717) is 6.42 Å². The first-order valence-electron chi connectivity index (χ1n) is 4.80. The van der Waals surface area contributed by atoms with Gasteiger partial charge in [-0.2, -0.15) is 8.42 Å². The van der Waals surface area contributed by atoms with E-state index in [-0.39, 0.29) is 17.8 Å². The molecule has 0 heterocycles. The van der Waals surface area contributed by atoms with Crippen LogP contribution in [0.2, 0.25) is 0 Å². The van der Waals surface area contributed by atoms with E-state index in [1.807, 2.05) is 20.8 Å². The average Bonchev–Trinajstić information content (AvgIpc) is 2.00. The minimum Gasteiger partial charge on any atom is -0.267 e. The summed E-state index contributed by atoms with van der Waals surface area (Å²) in [5, 5.41) is 0. The first kappa shape index (κ1) is 12.9. The van der Waals surface area contributed by atoms with Gasteiger partial charge in [-0.05, 0) is 19.3 Å². The second-order valence-electron chi connectivity index (χ2n) is 3.66. The van der Waals surface area contributed by atoms with Crippen molar-refractivity contribution in [1.29, 1.82) is 0 Å². The zero-order valence-electron chi connectivity index (χ0n) is 8.91. The molecule has 0 N–H and O–H groups in total. The third-order valence-corrected chi connectivity index (χ3v) is 3.37. The molecule has 1 atom stereocenters. The molecule has 0 aromatic carbocycles. The van der Waals surface area contributed by atoms with Crippen LogP contribution in [0.25, 0.3) is 0 Å². The van der Waals surface area contributed by atoms with E-state index < -0.39 is 10.1 Å².